The first-order valence-corrected chi connectivity index (χ1v) is 4.88. The van der Waals surface area contributed by atoms with Crippen molar-refractivity contribution in [3.05, 3.63) is 36.5 Å². The molecule has 0 saturated heterocycles. The molecule has 0 radical (unpaired) electrons. The van der Waals surface area contributed by atoms with Crippen molar-refractivity contribution in [3.63, 3.8) is 0 Å². The lowest BCUT2D eigenvalue weighted by molar-refractivity contribution is 1.32. The van der Waals surface area contributed by atoms with Gasteiger partial charge in [0.1, 0.15) is 0 Å². The van der Waals surface area contributed by atoms with E-state index in [1.165, 1.54) is 0 Å². The number of pyridine rings is 1. The SMILES string of the molecule is CC(C)=NNc1cccc2ncccc12. The van der Waals surface area contributed by atoms with Gasteiger partial charge in [0.15, 0.2) is 0 Å². The Morgan fingerprint density at radius 1 is 1.20 bits per heavy atom. The average molecular weight is 199 g/mol. The minimum Gasteiger partial charge on any atom is -0.278 e. The molecule has 76 valence electrons. The molecule has 0 aliphatic heterocycles. The van der Waals surface area contributed by atoms with Crippen molar-refractivity contribution in [3.8, 4) is 0 Å². The van der Waals surface area contributed by atoms with Crippen molar-refractivity contribution in [1.82, 2.24) is 4.98 Å². The fraction of sp³-hybridized carbons (Fsp3) is 0.167. The summed E-state index contributed by atoms with van der Waals surface area (Å²) in [5.41, 5.74) is 6.00. The molecule has 0 aliphatic carbocycles. The maximum absolute atomic E-state index is 4.28. The molecule has 0 unspecified atom stereocenters. The Hall–Kier alpha value is -1.90. The molecule has 0 aliphatic rings. The van der Waals surface area contributed by atoms with Gasteiger partial charge in [-0.25, -0.2) is 0 Å². The highest BCUT2D eigenvalue weighted by Crippen LogP contribution is 2.20. The van der Waals surface area contributed by atoms with E-state index in [1.807, 2.05) is 44.2 Å². The molecule has 1 aromatic heterocycles. The predicted molar refractivity (Wildman–Crippen MR) is 64.1 cm³/mol. The van der Waals surface area contributed by atoms with Gasteiger partial charge in [-0.2, -0.15) is 5.10 Å². The normalized spacial score (nSPS) is 10.0. The van der Waals surface area contributed by atoms with Crippen LogP contribution in [0, 0.1) is 0 Å². The van der Waals surface area contributed by atoms with Gasteiger partial charge < -0.3 is 0 Å². The molecule has 0 fully saturated rings. The van der Waals surface area contributed by atoms with Crippen molar-refractivity contribution in [2.24, 2.45) is 5.10 Å². The zero-order valence-electron chi connectivity index (χ0n) is 8.86. The summed E-state index contributed by atoms with van der Waals surface area (Å²) in [5.74, 6) is 0. The van der Waals surface area contributed by atoms with E-state index < -0.39 is 0 Å². The summed E-state index contributed by atoms with van der Waals surface area (Å²) in [6.07, 6.45) is 1.79. The van der Waals surface area contributed by atoms with E-state index in [4.69, 9.17) is 0 Å². The van der Waals surface area contributed by atoms with Crippen LogP contribution in [0.25, 0.3) is 10.9 Å². The average Bonchev–Trinajstić information content (AvgIpc) is 2.26. The molecular formula is C12H13N3. The number of nitrogens with zero attached hydrogens (tertiary/aromatic N) is 2. The maximum Gasteiger partial charge on any atom is 0.0723 e. The first-order chi connectivity index (χ1) is 7.27. The van der Waals surface area contributed by atoms with Crippen LogP contribution in [0.15, 0.2) is 41.6 Å². The summed E-state index contributed by atoms with van der Waals surface area (Å²) in [7, 11) is 0. The van der Waals surface area contributed by atoms with Gasteiger partial charge in [0.2, 0.25) is 0 Å². The fourth-order valence-corrected chi connectivity index (χ4v) is 1.37. The number of hydrazone groups is 1. The molecule has 1 aromatic carbocycles. The second kappa shape index (κ2) is 4.09. The topological polar surface area (TPSA) is 37.3 Å². The van der Waals surface area contributed by atoms with Crippen LogP contribution in [0.5, 0.6) is 0 Å². The van der Waals surface area contributed by atoms with Gasteiger partial charge in [0, 0.05) is 17.3 Å². The van der Waals surface area contributed by atoms with E-state index in [0.717, 1.165) is 22.3 Å². The van der Waals surface area contributed by atoms with Crippen molar-refractivity contribution in [2.45, 2.75) is 13.8 Å². The van der Waals surface area contributed by atoms with E-state index in [2.05, 4.69) is 15.5 Å². The summed E-state index contributed by atoms with van der Waals surface area (Å²) < 4.78 is 0. The molecule has 1 N–H and O–H groups in total. The van der Waals surface area contributed by atoms with Crippen LogP contribution in [0.1, 0.15) is 13.8 Å². The monoisotopic (exact) mass is 199 g/mol. The second-order valence-electron chi connectivity index (χ2n) is 3.55. The lowest BCUT2D eigenvalue weighted by Gasteiger charge is -2.04. The van der Waals surface area contributed by atoms with Gasteiger partial charge in [-0.05, 0) is 38.1 Å². The molecule has 3 heteroatoms. The van der Waals surface area contributed by atoms with Crippen molar-refractivity contribution < 1.29 is 0 Å². The Bertz CT molecular complexity index is 494. The Labute approximate surface area is 88.8 Å². The Kier molecular flexibility index (Phi) is 2.63. The zero-order chi connectivity index (χ0) is 10.7. The lowest BCUT2D eigenvalue weighted by Crippen LogP contribution is -1.94. The molecular weight excluding hydrogens is 186 g/mol. The van der Waals surface area contributed by atoms with Gasteiger partial charge >= 0.3 is 0 Å². The molecule has 1 heterocycles. The molecule has 0 spiro atoms. The summed E-state index contributed by atoms with van der Waals surface area (Å²) in [4.78, 5) is 4.28. The molecule has 0 atom stereocenters. The van der Waals surface area contributed by atoms with Crippen LogP contribution in [-0.4, -0.2) is 10.7 Å². The van der Waals surface area contributed by atoms with Gasteiger partial charge in [-0.3, -0.25) is 10.4 Å². The van der Waals surface area contributed by atoms with E-state index in [-0.39, 0.29) is 0 Å². The van der Waals surface area contributed by atoms with Crippen LogP contribution in [0.4, 0.5) is 5.69 Å². The van der Waals surface area contributed by atoms with Crippen LogP contribution >= 0.6 is 0 Å². The summed E-state index contributed by atoms with van der Waals surface area (Å²) in [6, 6.07) is 9.92. The van der Waals surface area contributed by atoms with Crippen LogP contribution in [0.2, 0.25) is 0 Å². The third kappa shape index (κ3) is 2.13. The third-order valence-corrected chi connectivity index (χ3v) is 2.05. The quantitative estimate of drug-likeness (QED) is 0.596. The molecule has 0 bridgehead atoms. The molecule has 2 aromatic rings. The number of fused-ring (bicyclic) bond motifs is 1. The van der Waals surface area contributed by atoms with E-state index in [9.17, 15) is 0 Å². The standard InChI is InChI=1S/C12H13N3/c1-9(2)14-15-12-7-3-6-11-10(12)5-4-8-13-11/h3-8,15H,1-2H3. The Morgan fingerprint density at radius 2 is 2.07 bits per heavy atom. The number of hydrogen-bond donors (Lipinski definition) is 1. The molecule has 0 amide bonds. The van der Waals surface area contributed by atoms with Crippen molar-refractivity contribution in [1.29, 1.82) is 0 Å². The predicted octanol–water partition coefficient (Wildman–Crippen LogP) is 3.04. The summed E-state index contributed by atoms with van der Waals surface area (Å²) in [5, 5.41) is 5.27. The second-order valence-corrected chi connectivity index (χ2v) is 3.55. The van der Waals surface area contributed by atoms with Gasteiger partial charge in [-0.1, -0.05) is 6.07 Å². The summed E-state index contributed by atoms with van der Waals surface area (Å²) in [6.45, 7) is 3.91. The molecule has 0 saturated carbocycles. The molecule has 3 nitrogen and oxygen atoms in total. The van der Waals surface area contributed by atoms with Crippen LogP contribution in [0.3, 0.4) is 0 Å². The number of nitrogens with one attached hydrogen (secondary N) is 1. The highest BCUT2D eigenvalue weighted by molar-refractivity contribution is 5.91. The van der Waals surface area contributed by atoms with Crippen LogP contribution < -0.4 is 5.43 Å². The van der Waals surface area contributed by atoms with Crippen molar-refractivity contribution >= 4 is 22.3 Å². The van der Waals surface area contributed by atoms with Gasteiger partial charge in [-0.15, -0.1) is 0 Å². The first-order valence-electron chi connectivity index (χ1n) is 4.88. The Morgan fingerprint density at radius 3 is 2.87 bits per heavy atom. The number of benzene rings is 1. The number of rotatable bonds is 2. The largest absolute Gasteiger partial charge is 0.278 e. The number of aromatic nitrogens is 1. The molecule has 2 rings (SSSR count). The minimum absolute atomic E-state index is 0.978. The van der Waals surface area contributed by atoms with Gasteiger partial charge in [0.05, 0.1) is 11.2 Å². The smallest absolute Gasteiger partial charge is 0.0723 e. The maximum atomic E-state index is 4.28. The van der Waals surface area contributed by atoms with E-state index >= 15 is 0 Å². The highest BCUT2D eigenvalue weighted by Gasteiger charge is 1.98. The first kappa shape index (κ1) is 9.65. The van der Waals surface area contributed by atoms with Gasteiger partial charge in [0.25, 0.3) is 0 Å². The minimum atomic E-state index is 0.978. The third-order valence-electron chi connectivity index (χ3n) is 2.05. The molecule has 15 heavy (non-hydrogen) atoms. The van der Waals surface area contributed by atoms with E-state index in [0.29, 0.717) is 0 Å². The number of hydrogen-bond acceptors (Lipinski definition) is 3. The fourth-order valence-electron chi connectivity index (χ4n) is 1.37. The van der Waals surface area contributed by atoms with Crippen LogP contribution in [-0.2, 0) is 0 Å². The highest BCUT2D eigenvalue weighted by atomic mass is 15.3. The summed E-state index contributed by atoms with van der Waals surface area (Å²) >= 11 is 0. The van der Waals surface area contributed by atoms with E-state index in [1.54, 1.807) is 6.20 Å². The Balaban J connectivity index is 2.47. The number of anilines is 1. The zero-order valence-corrected chi connectivity index (χ0v) is 8.86. The lowest BCUT2D eigenvalue weighted by atomic mass is 10.2. The van der Waals surface area contributed by atoms with Crippen molar-refractivity contribution in [2.75, 3.05) is 5.43 Å².